The number of carbonyl (C=O) groups is 1. The second-order valence-corrected chi connectivity index (χ2v) is 0.971. The molecule has 1 nitrogen and oxygen atoms in total. The molecule has 0 saturated heterocycles. The molecule has 0 aliphatic rings. The molecule has 0 saturated carbocycles. The smallest absolute Gasteiger partial charge is 0.123 e. The van der Waals surface area contributed by atoms with Gasteiger partial charge in [0, 0.05) is 6.42 Å². The molecule has 6 heavy (non-hydrogen) atoms. The molecule has 0 amide bonds. The van der Waals surface area contributed by atoms with E-state index < -0.39 is 0 Å². The third kappa shape index (κ3) is 3.41. The predicted octanol–water partition coefficient (Wildman–Crippen LogP) is 1.15. The number of rotatable bonds is 2. The van der Waals surface area contributed by atoms with Gasteiger partial charge in [-0.05, 0) is 6.92 Å². The maximum Gasteiger partial charge on any atom is 0.123 e. The zero-order valence-electron chi connectivity index (χ0n) is 3.85. The van der Waals surface area contributed by atoms with Crippen molar-refractivity contribution in [2.24, 2.45) is 0 Å². The zero-order valence-corrected chi connectivity index (χ0v) is 3.85. The van der Waals surface area contributed by atoms with E-state index in [2.05, 4.69) is 0 Å². The minimum atomic E-state index is 0.552. The lowest BCUT2D eigenvalue weighted by molar-refractivity contribution is -0.107. The number of aldehydes is 1. The molecule has 0 aromatic carbocycles. The largest absolute Gasteiger partial charge is 0.303 e. The van der Waals surface area contributed by atoms with Crippen LogP contribution in [0.5, 0.6) is 0 Å². The highest BCUT2D eigenvalue weighted by Gasteiger charge is 1.63. The minimum absolute atomic E-state index is 0.552. The van der Waals surface area contributed by atoms with E-state index >= 15 is 0 Å². The zero-order chi connectivity index (χ0) is 4.83. The Labute approximate surface area is 37.7 Å². The van der Waals surface area contributed by atoms with Crippen LogP contribution in [0.15, 0.2) is 12.2 Å². The second kappa shape index (κ2) is 4.41. The summed E-state index contributed by atoms with van der Waals surface area (Å²) in [5.41, 5.74) is 0. The van der Waals surface area contributed by atoms with Crippen molar-refractivity contribution in [3.05, 3.63) is 12.2 Å². The van der Waals surface area contributed by atoms with E-state index in [1.807, 2.05) is 19.1 Å². The van der Waals surface area contributed by atoms with Gasteiger partial charge in [0.05, 0.1) is 0 Å². The Balaban J connectivity index is 2.85. The van der Waals surface area contributed by atoms with Gasteiger partial charge in [-0.3, -0.25) is 0 Å². The fraction of sp³-hybridized carbons (Fsp3) is 0.400. The van der Waals surface area contributed by atoms with Crippen LogP contribution in [-0.2, 0) is 4.79 Å². The van der Waals surface area contributed by atoms with Gasteiger partial charge in [-0.15, -0.1) is 0 Å². The SMILES string of the molecule is C/C=C/CC=O. The number of carbonyl (C=O) groups excluding carboxylic acids is 1. The lowest BCUT2D eigenvalue weighted by Gasteiger charge is -1.65. The monoisotopic (exact) mass is 84.1 g/mol. The molecular formula is C5H8O. The van der Waals surface area contributed by atoms with E-state index in [0.29, 0.717) is 6.42 Å². The fourth-order valence-corrected chi connectivity index (χ4v) is 0.192. The van der Waals surface area contributed by atoms with Crippen molar-refractivity contribution >= 4 is 6.29 Å². The summed E-state index contributed by atoms with van der Waals surface area (Å²) in [5.74, 6) is 0. The summed E-state index contributed by atoms with van der Waals surface area (Å²) in [4.78, 5) is 9.51. The van der Waals surface area contributed by atoms with E-state index in [1.54, 1.807) is 0 Å². The van der Waals surface area contributed by atoms with Crippen molar-refractivity contribution in [3.63, 3.8) is 0 Å². The molecule has 0 aliphatic carbocycles. The van der Waals surface area contributed by atoms with Gasteiger partial charge in [-0.1, -0.05) is 12.2 Å². The van der Waals surface area contributed by atoms with Crippen LogP contribution in [0.4, 0.5) is 0 Å². The lowest BCUT2D eigenvalue weighted by atomic mass is 10.4. The number of hydrogen-bond donors (Lipinski definition) is 0. The second-order valence-electron chi connectivity index (χ2n) is 0.971. The number of allylic oxidation sites excluding steroid dienone is 2. The topological polar surface area (TPSA) is 17.1 Å². The first kappa shape index (κ1) is 5.41. The van der Waals surface area contributed by atoms with Gasteiger partial charge >= 0.3 is 0 Å². The van der Waals surface area contributed by atoms with Crippen molar-refractivity contribution in [1.29, 1.82) is 0 Å². The van der Waals surface area contributed by atoms with Gasteiger partial charge < -0.3 is 4.79 Å². The van der Waals surface area contributed by atoms with Crippen LogP contribution in [-0.4, -0.2) is 6.29 Å². The summed E-state index contributed by atoms with van der Waals surface area (Å²) < 4.78 is 0. The Morgan fingerprint density at radius 3 is 2.50 bits per heavy atom. The molecule has 0 rings (SSSR count). The Morgan fingerprint density at radius 1 is 1.67 bits per heavy atom. The molecule has 0 aromatic heterocycles. The van der Waals surface area contributed by atoms with E-state index in [1.165, 1.54) is 0 Å². The quantitative estimate of drug-likeness (QED) is 0.362. The standard InChI is InChI=1S/C5H8O/c1-2-3-4-5-6/h2-3,5H,4H2,1H3/b3-2+. The Morgan fingerprint density at radius 2 is 2.33 bits per heavy atom. The first-order chi connectivity index (χ1) is 2.91. The van der Waals surface area contributed by atoms with Gasteiger partial charge in [0.2, 0.25) is 0 Å². The van der Waals surface area contributed by atoms with Gasteiger partial charge in [0.1, 0.15) is 6.29 Å². The lowest BCUT2D eigenvalue weighted by Crippen LogP contribution is -1.61. The molecule has 0 spiro atoms. The van der Waals surface area contributed by atoms with Crippen molar-refractivity contribution in [2.75, 3.05) is 0 Å². The van der Waals surface area contributed by atoms with Gasteiger partial charge in [0.15, 0.2) is 0 Å². The summed E-state index contributed by atoms with van der Waals surface area (Å²) in [7, 11) is 0. The molecule has 0 N–H and O–H groups in total. The van der Waals surface area contributed by atoms with Crippen molar-refractivity contribution in [2.45, 2.75) is 13.3 Å². The van der Waals surface area contributed by atoms with Crippen LogP contribution in [0.25, 0.3) is 0 Å². The van der Waals surface area contributed by atoms with Crippen molar-refractivity contribution in [1.82, 2.24) is 0 Å². The normalized spacial score (nSPS) is 9.50. The average molecular weight is 84.1 g/mol. The first-order valence-corrected chi connectivity index (χ1v) is 1.96. The van der Waals surface area contributed by atoms with Gasteiger partial charge in [-0.25, -0.2) is 0 Å². The van der Waals surface area contributed by atoms with Crippen LogP contribution in [0.2, 0.25) is 0 Å². The number of hydrogen-bond acceptors (Lipinski definition) is 1. The van der Waals surface area contributed by atoms with Crippen LogP contribution in [0.1, 0.15) is 13.3 Å². The summed E-state index contributed by atoms with van der Waals surface area (Å²) in [6.45, 7) is 1.89. The first-order valence-electron chi connectivity index (χ1n) is 1.96. The summed E-state index contributed by atoms with van der Waals surface area (Å²) in [6.07, 6.45) is 5.10. The molecule has 0 atom stereocenters. The summed E-state index contributed by atoms with van der Waals surface area (Å²) in [5, 5.41) is 0. The highest BCUT2D eigenvalue weighted by Crippen LogP contribution is 1.71. The molecule has 0 radical (unpaired) electrons. The highest BCUT2D eigenvalue weighted by molar-refractivity contribution is 5.51. The maximum absolute atomic E-state index is 9.51. The average Bonchev–Trinajstić information content (AvgIpc) is 1.61. The maximum atomic E-state index is 9.51. The molecule has 0 aromatic rings. The summed E-state index contributed by atoms with van der Waals surface area (Å²) in [6, 6.07) is 0. The van der Waals surface area contributed by atoms with Crippen molar-refractivity contribution in [3.8, 4) is 0 Å². The molecular weight excluding hydrogens is 76.1 g/mol. The molecule has 0 unspecified atom stereocenters. The highest BCUT2D eigenvalue weighted by atomic mass is 16.1. The fourth-order valence-electron chi connectivity index (χ4n) is 0.192. The van der Waals surface area contributed by atoms with Crippen LogP contribution in [0, 0.1) is 0 Å². The van der Waals surface area contributed by atoms with Gasteiger partial charge in [-0.2, -0.15) is 0 Å². The third-order valence-electron chi connectivity index (χ3n) is 0.468. The molecule has 0 aliphatic heterocycles. The molecule has 0 fully saturated rings. The van der Waals surface area contributed by atoms with E-state index in [-0.39, 0.29) is 0 Å². The minimum Gasteiger partial charge on any atom is -0.303 e. The molecule has 0 bridgehead atoms. The van der Waals surface area contributed by atoms with Gasteiger partial charge in [0.25, 0.3) is 0 Å². The van der Waals surface area contributed by atoms with E-state index in [4.69, 9.17) is 0 Å². The van der Waals surface area contributed by atoms with E-state index in [0.717, 1.165) is 6.29 Å². The Bertz CT molecular complexity index is 55.0. The van der Waals surface area contributed by atoms with E-state index in [9.17, 15) is 4.79 Å². The summed E-state index contributed by atoms with van der Waals surface area (Å²) >= 11 is 0. The Kier molecular flexibility index (Phi) is 3.98. The van der Waals surface area contributed by atoms with Crippen LogP contribution < -0.4 is 0 Å². The van der Waals surface area contributed by atoms with Crippen molar-refractivity contribution < 1.29 is 4.79 Å². The molecule has 0 heterocycles. The molecule has 34 valence electrons. The Hall–Kier alpha value is -0.590. The van der Waals surface area contributed by atoms with Crippen LogP contribution in [0.3, 0.4) is 0 Å². The predicted molar refractivity (Wildman–Crippen MR) is 25.5 cm³/mol. The third-order valence-corrected chi connectivity index (χ3v) is 0.468. The van der Waals surface area contributed by atoms with Crippen LogP contribution >= 0.6 is 0 Å². The molecule has 1 heteroatoms.